The van der Waals surface area contributed by atoms with E-state index in [1.807, 2.05) is 40.0 Å². The molecule has 374 valence electrons. The number of aryl methyl sites for hydroxylation is 4. The van der Waals surface area contributed by atoms with Crippen molar-refractivity contribution in [1.82, 2.24) is 48.4 Å². The van der Waals surface area contributed by atoms with Gasteiger partial charge in [0.1, 0.15) is 40.5 Å². The summed E-state index contributed by atoms with van der Waals surface area (Å²) in [5, 5.41) is 31.2. The molecule has 0 unspecified atom stereocenters. The summed E-state index contributed by atoms with van der Waals surface area (Å²) in [4.78, 5) is 73.6. The lowest BCUT2D eigenvalue weighted by Crippen LogP contribution is -2.20. The quantitative estimate of drug-likeness (QED) is 0.0339. The lowest BCUT2D eigenvalue weighted by atomic mass is 10.1. The molecule has 4 amide bonds. The number of carboxylic acids is 1. The summed E-state index contributed by atoms with van der Waals surface area (Å²) in [6, 6.07) is 9.28. The van der Waals surface area contributed by atoms with Gasteiger partial charge < -0.3 is 40.5 Å². The van der Waals surface area contributed by atoms with Gasteiger partial charge in [0.25, 0.3) is 11.8 Å². The largest absolute Gasteiger partial charge is 0.491 e. The Hall–Kier alpha value is -8.76. The topological polar surface area (TPSA) is 301 Å². The van der Waals surface area contributed by atoms with Crippen LogP contribution in [0.2, 0.25) is 0 Å². The van der Waals surface area contributed by atoms with Gasteiger partial charge in [-0.1, -0.05) is 32.1 Å². The molecule has 5 heterocycles. The zero-order chi connectivity index (χ0) is 51.4. The number of nitrogens with one attached hydrogen (secondary N) is 3. The second kappa shape index (κ2) is 23.5. The van der Waals surface area contributed by atoms with Crippen molar-refractivity contribution in [3.63, 3.8) is 0 Å². The SMILES string of the molecule is CC.CCn1nc(C)cc1C(=O)Nc1nc2cc(C(N)=O)cc(OC/C=C/Cn3cc(NC)cn3)c2n1C/C=C/Cn1c(NC(=O)c2cc(C)nn2CC)nc2cc(C(N)=O)cc(OCCCC(=O)O)c21. The van der Waals surface area contributed by atoms with Crippen LogP contribution in [0.5, 0.6) is 11.5 Å². The van der Waals surface area contributed by atoms with Crippen LogP contribution in [0, 0.1) is 13.8 Å². The fraction of sp³-hybridized carbons (Fsp3) is 0.333. The van der Waals surface area contributed by atoms with Crippen molar-refractivity contribution in [2.75, 3.05) is 36.2 Å². The van der Waals surface area contributed by atoms with Gasteiger partial charge in [0, 0.05) is 57.0 Å². The number of fused-ring (bicyclic) bond motifs is 2. The molecule has 0 saturated heterocycles. The highest BCUT2D eigenvalue weighted by Gasteiger charge is 2.24. The van der Waals surface area contributed by atoms with Crippen molar-refractivity contribution in [2.24, 2.45) is 11.5 Å². The zero-order valence-electron chi connectivity index (χ0n) is 40.7. The third-order valence-electron chi connectivity index (χ3n) is 10.8. The van der Waals surface area contributed by atoms with Crippen LogP contribution in [0.25, 0.3) is 22.1 Å². The molecule has 0 saturated carbocycles. The minimum absolute atomic E-state index is 0.0123. The maximum absolute atomic E-state index is 13.9. The number of imidazole rings is 2. The van der Waals surface area contributed by atoms with Gasteiger partial charge in [-0.25, -0.2) is 9.97 Å². The van der Waals surface area contributed by atoms with Crippen molar-refractivity contribution < 1.29 is 38.6 Å². The fourth-order valence-corrected chi connectivity index (χ4v) is 7.53. The summed E-state index contributed by atoms with van der Waals surface area (Å²) in [5.41, 5.74) is 15.9. The van der Waals surface area contributed by atoms with E-state index in [1.165, 1.54) is 24.3 Å². The molecule has 0 radical (unpaired) electrons. The Morgan fingerprint density at radius 3 is 1.65 bits per heavy atom. The van der Waals surface area contributed by atoms with Crippen LogP contribution >= 0.6 is 0 Å². The number of nitrogens with two attached hydrogens (primary N) is 2. The number of primary amides is 2. The summed E-state index contributed by atoms with van der Waals surface area (Å²) in [6.07, 6.45) is 10.8. The number of carboxylic acid groups (broad SMARTS) is 1. The molecular weight excluding hydrogens is 915 g/mol. The zero-order valence-corrected chi connectivity index (χ0v) is 40.7. The molecule has 23 nitrogen and oxygen atoms in total. The third kappa shape index (κ3) is 12.3. The molecule has 23 heteroatoms. The minimum Gasteiger partial charge on any atom is -0.491 e. The number of benzene rings is 2. The van der Waals surface area contributed by atoms with E-state index in [2.05, 4.69) is 31.2 Å². The molecule has 0 aliphatic heterocycles. The number of hydrogen-bond acceptors (Lipinski definition) is 13. The number of aliphatic carboxylic acids is 1. The number of carbonyl (C=O) groups excluding carboxylic acids is 4. The van der Waals surface area contributed by atoms with Crippen molar-refractivity contribution in [3.05, 3.63) is 107 Å². The predicted molar refractivity (Wildman–Crippen MR) is 267 cm³/mol. The Kier molecular flexibility index (Phi) is 17.1. The summed E-state index contributed by atoms with van der Waals surface area (Å²) in [7, 11) is 1.81. The smallest absolute Gasteiger partial charge is 0.303 e. The molecule has 2 aromatic carbocycles. The Bertz CT molecular complexity index is 3130. The molecule has 0 spiro atoms. The molecule has 0 fully saturated rings. The number of rotatable bonds is 23. The average molecular weight is 974 g/mol. The van der Waals surface area contributed by atoms with Gasteiger partial charge in [-0.15, -0.1) is 0 Å². The highest BCUT2D eigenvalue weighted by atomic mass is 16.5. The third-order valence-corrected chi connectivity index (χ3v) is 10.8. The number of ether oxygens (including phenoxy) is 2. The van der Waals surface area contributed by atoms with E-state index in [9.17, 15) is 29.1 Å². The second-order valence-electron chi connectivity index (χ2n) is 15.7. The summed E-state index contributed by atoms with van der Waals surface area (Å²) in [5.74, 6) is -2.76. The summed E-state index contributed by atoms with van der Waals surface area (Å²) >= 11 is 0. The first-order chi connectivity index (χ1) is 34.2. The van der Waals surface area contributed by atoms with Gasteiger partial charge >= 0.3 is 5.97 Å². The molecule has 71 heavy (non-hydrogen) atoms. The van der Waals surface area contributed by atoms with Crippen LogP contribution in [0.1, 0.15) is 93.6 Å². The lowest BCUT2D eigenvalue weighted by Gasteiger charge is -2.13. The Morgan fingerprint density at radius 2 is 1.20 bits per heavy atom. The maximum atomic E-state index is 13.9. The molecule has 0 aliphatic rings. The Balaban J connectivity index is 0.00000407. The van der Waals surface area contributed by atoms with Crippen molar-refractivity contribution in [3.8, 4) is 11.5 Å². The number of anilines is 3. The molecule has 7 aromatic rings. The normalized spacial score (nSPS) is 11.3. The van der Waals surface area contributed by atoms with E-state index in [4.69, 9.17) is 30.9 Å². The first-order valence-electron chi connectivity index (χ1n) is 23.0. The summed E-state index contributed by atoms with van der Waals surface area (Å²) < 4.78 is 20.6. The maximum Gasteiger partial charge on any atom is 0.303 e. The number of aromatic nitrogens is 10. The van der Waals surface area contributed by atoms with E-state index >= 15 is 0 Å². The molecular formula is C48H59N15O8. The fourth-order valence-electron chi connectivity index (χ4n) is 7.53. The van der Waals surface area contributed by atoms with Gasteiger partial charge in [-0.2, -0.15) is 15.3 Å². The molecule has 7 rings (SSSR count). The number of hydrogen-bond donors (Lipinski definition) is 6. The Morgan fingerprint density at radius 1 is 0.704 bits per heavy atom. The monoisotopic (exact) mass is 973 g/mol. The van der Waals surface area contributed by atoms with E-state index in [-0.39, 0.29) is 79.2 Å². The Labute approximate surface area is 408 Å². The van der Waals surface area contributed by atoms with E-state index < -0.39 is 29.6 Å². The molecule has 0 aliphatic carbocycles. The van der Waals surface area contributed by atoms with Crippen LogP contribution < -0.4 is 36.9 Å². The standard InChI is InChI=1S/C46H53N15O8.C2H6/c1-6-60-34(19-27(3)55-60)43(66)53-45-51-32-21-29(41(47)64)23-36(68-17-11-10-14-57-26-31(49-5)25-50-57)39(32)58(45)15-8-9-16-59-40-33(22-30(42(48)65)24-37(40)69-18-12-13-38(62)63)52-46(59)54-44(67)35-20-28(4)56-61(35)7-2;1-2/h8-11,19-26,49H,6-7,12-18H2,1-5H3,(H2,47,64)(H2,48,65)(H,62,63)(H,51,53,66)(H,52,54,67);1-2H3/b9-8+,11-10+;. The highest BCUT2D eigenvalue weighted by Crippen LogP contribution is 2.33. The molecule has 0 bridgehead atoms. The van der Waals surface area contributed by atoms with Crippen LogP contribution in [0.15, 0.2) is 73.1 Å². The number of allylic oxidation sites excluding steroid dienone is 3. The van der Waals surface area contributed by atoms with Crippen molar-refractivity contribution in [1.29, 1.82) is 0 Å². The van der Waals surface area contributed by atoms with E-state index in [0.29, 0.717) is 59.0 Å². The van der Waals surface area contributed by atoms with Crippen LogP contribution in [0.4, 0.5) is 17.6 Å². The van der Waals surface area contributed by atoms with E-state index in [0.717, 1.165) is 5.69 Å². The van der Waals surface area contributed by atoms with E-state index in [1.54, 1.807) is 80.6 Å². The van der Waals surface area contributed by atoms with Crippen LogP contribution in [-0.2, 0) is 37.5 Å². The summed E-state index contributed by atoms with van der Waals surface area (Å²) in [6.45, 7) is 12.9. The van der Waals surface area contributed by atoms with Gasteiger partial charge in [0.2, 0.25) is 23.7 Å². The highest BCUT2D eigenvalue weighted by molar-refractivity contribution is 6.05. The number of amides is 4. The first kappa shape index (κ1) is 51.6. The lowest BCUT2D eigenvalue weighted by molar-refractivity contribution is -0.137. The molecule has 0 atom stereocenters. The van der Waals surface area contributed by atoms with Crippen LogP contribution in [-0.4, -0.2) is 103 Å². The minimum atomic E-state index is -0.999. The van der Waals surface area contributed by atoms with Gasteiger partial charge in [-0.3, -0.25) is 48.7 Å². The van der Waals surface area contributed by atoms with Crippen molar-refractivity contribution >= 4 is 69.2 Å². The van der Waals surface area contributed by atoms with Gasteiger partial charge in [0.05, 0.1) is 47.5 Å². The average Bonchev–Trinajstić information content (AvgIpc) is 4.19. The number of nitrogens with zero attached hydrogens (tertiary/aromatic N) is 10. The second-order valence-corrected chi connectivity index (χ2v) is 15.7. The van der Waals surface area contributed by atoms with Crippen LogP contribution in [0.3, 0.4) is 0 Å². The number of carbonyl (C=O) groups is 5. The first-order valence-corrected chi connectivity index (χ1v) is 23.0. The molecule has 8 N–H and O–H groups in total. The van der Waals surface area contributed by atoms with Crippen molar-refractivity contribution in [2.45, 2.75) is 87.1 Å². The van der Waals surface area contributed by atoms with Gasteiger partial charge in [0.15, 0.2) is 0 Å². The molecule has 5 aromatic heterocycles. The predicted octanol–water partition coefficient (Wildman–Crippen LogP) is 5.54. The van der Waals surface area contributed by atoms with Gasteiger partial charge in [-0.05, 0) is 76.6 Å².